The zero-order valence-corrected chi connectivity index (χ0v) is 22.2. The number of hydrogen-bond acceptors (Lipinski definition) is 8. The summed E-state index contributed by atoms with van der Waals surface area (Å²) >= 11 is 1.64. The second-order valence-corrected chi connectivity index (χ2v) is 10.2. The van der Waals surface area contributed by atoms with E-state index in [1.54, 1.807) is 24.5 Å². The van der Waals surface area contributed by atoms with E-state index in [2.05, 4.69) is 63.5 Å². The maximum atomic E-state index is 11.6. The summed E-state index contributed by atoms with van der Waals surface area (Å²) in [4.78, 5) is 33.0. The van der Waals surface area contributed by atoms with Crippen molar-refractivity contribution in [2.24, 2.45) is 0 Å². The van der Waals surface area contributed by atoms with Crippen LogP contribution in [0.1, 0.15) is 18.2 Å². The van der Waals surface area contributed by atoms with Crippen LogP contribution in [0.2, 0.25) is 0 Å². The van der Waals surface area contributed by atoms with Crippen LogP contribution in [0.4, 0.5) is 22.5 Å². The van der Waals surface area contributed by atoms with Crippen LogP contribution >= 0.6 is 11.3 Å². The molecular weight excluding hydrogens is 482 g/mol. The highest BCUT2D eigenvalue weighted by Gasteiger charge is 2.19. The van der Waals surface area contributed by atoms with Crippen LogP contribution in [0.25, 0.3) is 10.6 Å². The Labute approximate surface area is 221 Å². The summed E-state index contributed by atoms with van der Waals surface area (Å²) in [7, 11) is 2.06. The molecule has 0 aliphatic carbocycles. The number of nitrogens with zero attached hydrogens (tertiary/aromatic N) is 6. The molecule has 37 heavy (non-hydrogen) atoms. The number of carbonyl (C=O) groups excluding carboxylic acids is 1. The molecule has 0 bridgehead atoms. The van der Waals surface area contributed by atoms with Crippen molar-refractivity contribution >= 4 is 39.7 Å². The van der Waals surface area contributed by atoms with Gasteiger partial charge in [0.25, 0.3) is 0 Å². The highest BCUT2D eigenvalue weighted by Crippen LogP contribution is 2.34. The monoisotopic (exact) mass is 513 g/mol. The van der Waals surface area contributed by atoms with Crippen LogP contribution in [-0.2, 0) is 11.3 Å². The van der Waals surface area contributed by atoms with Gasteiger partial charge in [-0.3, -0.25) is 4.79 Å². The van der Waals surface area contributed by atoms with Gasteiger partial charge in [-0.05, 0) is 42.8 Å². The number of nitrogens with one attached hydrogen (secondary N) is 1. The number of benzene rings is 2. The van der Waals surface area contributed by atoms with Crippen LogP contribution in [0.5, 0.6) is 0 Å². The first-order chi connectivity index (χ1) is 18.0. The van der Waals surface area contributed by atoms with Gasteiger partial charge >= 0.3 is 0 Å². The van der Waals surface area contributed by atoms with Gasteiger partial charge in [-0.2, -0.15) is 0 Å². The summed E-state index contributed by atoms with van der Waals surface area (Å²) in [5, 5.41) is 4.29. The smallest absolute Gasteiger partial charge is 0.227 e. The van der Waals surface area contributed by atoms with Crippen molar-refractivity contribution in [1.82, 2.24) is 19.9 Å². The Bertz CT molecular complexity index is 1350. The van der Waals surface area contributed by atoms with Gasteiger partial charge in [0.1, 0.15) is 0 Å². The molecule has 1 amide bonds. The SMILES string of the molecule is CC(=O)N1CCN(c2ccc(Nc3nccc(-c4sc(N(C)Cc5ccccc5)nc4C)n3)cc2)CC1. The number of hydrogen-bond donors (Lipinski definition) is 1. The van der Waals surface area contributed by atoms with Gasteiger partial charge in [0.15, 0.2) is 5.13 Å². The Kier molecular flexibility index (Phi) is 7.32. The van der Waals surface area contributed by atoms with E-state index < -0.39 is 0 Å². The lowest BCUT2D eigenvalue weighted by atomic mass is 10.2. The fraction of sp³-hybridized carbons (Fsp3) is 0.286. The first kappa shape index (κ1) is 24.7. The second kappa shape index (κ2) is 11.0. The second-order valence-electron chi connectivity index (χ2n) is 9.18. The minimum atomic E-state index is 0.144. The number of rotatable bonds is 7. The van der Waals surface area contributed by atoms with Gasteiger partial charge < -0.3 is 20.0 Å². The molecular formula is C28H31N7OS. The number of amides is 1. The van der Waals surface area contributed by atoms with E-state index in [1.165, 1.54) is 5.56 Å². The molecule has 5 rings (SSSR count). The molecule has 0 spiro atoms. The van der Waals surface area contributed by atoms with Gasteiger partial charge in [0, 0.05) is 64.3 Å². The van der Waals surface area contributed by atoms with Crippen molar-refractivity contribution < 1.29 is 4.79 Å². The van der Waals surface area contributed by atoms with E-state index in [0.717, 1.165) is 65.5 Å². The molecule has 0 radical (unpaired) electrons. The predicted molar refractivity (Wildman–Crippen MR) is 151 cm³/mol. The number of anilines is 4. The molecule has 8 nitrogen and oxygen atoms in total. The summed E-state index contributed by atoms with van der Waals surface area (Å²) in [5.41, 5.74) is 5.13. The van der Waals surface area contributed by atoms with Crippen LogP contribution in [0, 0.1) is 6.92 Å². The zero-order valence-electron chi connectivity index (χ0n) is 21.4. The Morgan fingerprint density at radius 3 is 2.43 bits per heavy atom. The molecule has 0 atom stereocenters. The number of piperazine rings is 1. The molecule has 1 fully saturated rings. The zero-order chi connectivity index (χ0) is 25.8. The first-order valence-corrected chi connectivity index (χ1v) is 13.2. The van der Waals surface area contributed by atoms with Crippen molar-refractivity contribution in [1.29, 1.82) is 0 Å². The number of carbonyl (C=O) groups is 1. The largest absolute Gasteiger partial charge is 0.368 e. The molecule has 1 aliphatic rings. The van der Waals surface area contributed by atoms with E-state index in [0.29, 0.717) is 5.95 Å². The number of aromatic nitrogens is 3. The third-order valence-electron chi connectivity index (χ3n) is 6.48. The van der Waals surface area contributed by atoms with Crippen molar-refractivity contribution in [3.8, 4) is 10.6 Å². The summed E-state index contributed by atoms with van der Waals surface area (Å²) in [5.74, 6) is 0.692. The Hall–Kier alpha value is -3.98. The molecule has 1 saturated heterocycles. The molecule has 0 saturated carbocycles. The van der Waals surface area contributed by atoms with Gasteiger partial charge in [0.2, 0.25) is 11.9 Å². The average Bonchev–Trinajstić information content (AvgIpc) is 3.32. The number of thiazole rings is 1. The Morgan fingerprint density at radius 1 is 1.00 bits per heavy atom. The summed E-state index contributed by atoms with van der Waals surface area (Å²) in [6, 6.07) is 20.6. The highest BCUT2D eigenvalue weighted by atomic mass is 32.1. The molecule has 2 aromatic heterocycles. The third kappa shape index (κ3) is 5.89. The van der Waals surface area contributed by atoms with Crippen LogP contribution in [0.15, 0.2) is 66.9 Å². The molecule has 4 aromatic rings. The standard InChI is InChI=1S/C28H31N7OS/c1-20-26(37-28(30-20)33(3)19-22-7-5-4-6-8-22)25-13-14-29-27(32-25)31-23-9-11-24(12-10-23)35-17-15-34(16-18-35)21(2)36/h4-14H,15-19H2,1-3H3,(H,29,31,32). The van der Waals surface area contributed by atoms with Gasteiger partial charge in [0.05, 0.1) is 16.3 Å². The molecule has 1 N–H and O–H groups in total. The first-order valence-electron chi connectivity index (χ1n) is 12.4. The normalized spacial score (nSPS) is 13.5. The maximum absolute atomic E-state index is 11.6. The molecule has 9 heteroatoms. The van der Waals surface area contributed by atoms with Crippen molar-refractivity contribution in [3.63, 3.8) is 0 Å². The summed E-state index contributed by atoms with van der Waals surface area (Å²) in [6.07, 6.45) is 1.78. The lowest BCUT2D eigenvalue weighted by Crippen LogP contribution is -2.48. The quantitative estimate of drug-likeness (QED) is 0.374. The minimum Gasteiger partial charge on any atom is -0.368 e. The van der Waals surface area contributed by atoms with Crippen molar-refractivity contribution in [3.05, 3.63) is 78.1 Å². The predicted octanol–water partition coefficient (Wildman–Crippen LogP) is 4.96. The van der Waals surface area contributed by atoms with Crippen molar-refractivity contribution in [2.45, 2.75) is 20.4 Å². The third-order valence-corrected chi connectivity index (χ3v) is 7.77. The van der Waals surface area contributed by atoms with E-state index in [1.807, 2.05) is 36.1 Å². The van der Waals surface area contributed by atoms with Gasteiger partial charge in [-0.1, -0.05) is 41.7 Å². The van der Waals surface area contributed by atoms with Crippen LogP contribution < -0.4 is 15.1 Å². The summed E-state index contributed by atoms with van der Waals surface area (Å²) in [6.45, 7) is 7.66. The summed E-state index contributed by atoms with van der Waals surface area (Å²) < 4.78 is 0. The van der Waals surface area contributed by atoms with E-state index in [9.17, 15) is 4.79 Å². The lowest BCUT2D eigenvalue weighted by Gasteiger charge is -2.35. The van der Waals surface area contributed by atoms with Crippen LogP contribution in [-0.4, -0.2) is 59.0 Å². The molecule has 190 valence electrons. The van der Waals surface area contributed by atoms with Crippen LogP contribution in [0.3, 0.4) is 0 Å². The van der Waals surface area contributed by atoms with E-state index in [4.69, 9.17) is 9.97 Å². The van der Waals surface area contributed by atoms with Gasteiger partial charge in [-0.25, -0.2) is 15.0 Å². The average molecular weight is 514 g/mol. The fourth-order valence-electron chi connectivity index (χ4n) is 4.42. The van der Waals surface area contributed by atoms with Gasteiger partial charge in [-0.15, -0.1) is 0 Å². The van der Waals surface area contributed by atoms with Crippen molar-refractivity contribution in [2.75, 3.05) is 48.3 Å². The van der Waals surface area contributed by atoms with E-state index >= 15 is 0 Å². The lowest BCUT2D eigenvalue weighted by molar-refractivity contribution is -0.129. The molecule has 2 aromatic carbocycles. The highest BCUT2D eigenvalue weighted by molar-refractivity contribution is 7.19. The number of aryl methyl sites for hydroxylation is 1. The molecule has 3 heterocycles. The fourth-order valence-corrected chi connectivity index (χ4v) is 5.41. The Morgan fingerprint density at radius 2 is 1.73 bits per heavy atom. The topological polar surface area (TPSA) is 77.5 Å². The molecule has 0 unspecified atom stereocenters. The molecule has 1 aliphatic heterocycles. The Balaban J connectivity index is 1.25. The van der Waals surface area contributed by atoms with E-state index in [-0.39, 0.29) is 5.91 Å². The maximum Gasteiger partial charge on any atom is 0.227 e. The minimum absolute atomic E-state index is 0.144.